The molecule has 1 rings (SSSR count). The Morgan fingerprint density at radius 1 is 0.685 bits per heavy atom. The minimum atomic E-state index is -1.45. The molecule has 14 nitrogen and oxygen atoms in total. The molecular formula is C40H56N6O8. The summed E-state index contributed by atoms with van der Waals surface area (Å²) in [4.78, 5) is 92.5. The van der Waals surface area contributed by atoms with Gasteiger partial charge in [0, 0.05) is 19.5 Å². The van der Waals surface area contributed by atoms with Crippen molar-refractivity contribution in [2.45, 2.75) is 97.1 Å². The van der Waals surface area contributed by atoms with Crippen molar-refractivity contribution in [1.82, 2.24) is 26.2 Å². The van der Waals surface area contributed by atoms with Crippen LogP contribution in [0.5, 0.6) is 0 Å². The normalized spacial score (nSPS) is 24.4. The van der Waals surface area contributed by atoms with Gasteiger partial charge in [0.05, 0.1) is 0 Å². The van der Waals surface area contributed by atoms with Crippen LogP contribution in [0.2, 0.25) is 0 Å². The van der Waals surface area contributed by atoms with Gasteiger partial charge in [-0.05, 0) is 46.5 Å². The van der Waals surface area contributed by atoms with Crippen LogP contribution in [0.4, 0.5) is 0 Å². The molecule has 0 aromatic rings. The maximum atomic E-state index is 13.9. The molecule has 54 heavy (non-hydrogen) atoms. The molecule has 0 spiro atoms. The molecule has 1 aliphatic rings. The fraction of sp³-hybridized carbons (Fsp3) is 0.425. The zero-order valence-electron chi connectivity index (χ0n) is 32.2. The van der Waals surface area contributed by atoms with Gasteiger partial charge in [-0.25, -0.2) is 4.79 Å². The number of likely N-dealkylation sites (N-methyl/N-ethyl adjacent to an activating group) is 1. The van der Waals surface area contributed by atoms with Gasteiger partial charge in [-0.1, -0.05) is 105 Å². The lowest BCUT2D eigenvalue weighted by molar-refractivity contribution is -0.160. The maximum Gasteiger partial charge on any atom is 0.329 e. The summed E-state index contributed by atoms with van der Waals surface area (Å²) in [6, 6.07) is -6.21. The SMILES string of the molecule is C/C=C/C=C/C=C/C=C/C=C/C=C/C=C/C=C/C(=O)N(C)C1C(=O)NC(CC(C)C)C(=O)NC(C)C(=O)NC(C)C(=O)NC(CCC(N)=O)C(=O)OC1C. The lowest BCUT2D eigenvalue weighted by atomic mass is 10.0. The van der Waals surface area contributed by atoms with Gasteiger partial charge in [-0.3, -0.25) is 28.8 Å². The topological polar surface area (TPSA) is 206 Å². The number of primary amides is 1. The second kappa shape index (κ2) is 25.2. The van der Waals surface area contributed by atoms with Crippen LogP contribution in [0.15, 0.2) is 97.2 Å². The van der Waals surface area contributed by atoms with E-state index in [9.17, 15) is 33.6 Å². The minimum absolute atomic E-state index is 0.0766. The number of ether oxygens (including phenoxy) is 1. The third-order valence-electron chi connectivity index (χ3n) is 7.78. The first-order valence-corrected chi connectivity index (χ1v) is 17.8. The number of hydrogen-bond donors (Lipinski definition) is 5. The van der Waals surface area contributed by atoms with Crippen LogP contribution in [0, 0.1) is 5.92 Å². The number of rotatable bonds is 14. The van der Waals surface area contributed by atoms with Crippen LogP contribution < -0.4 is 27.0 Å². The highest BCUT2D eigenvalue weighted by Gasteiger charge is 2.38. The molecule has 0 aliphatic carbocycles. The molecule has 0 saturated carbocycles. The van der Waals surface area contributed by atoms with Crippen LogP contribution in [0.25, 0.3) is 0 Å². The van der Waals surface area contributed by atoms with Crippen molar-refractivity contribution in [3.63, 3.8) is 0 Å². The Balaban J connectivity index is 3.33. The number of nitrogens with one attached hydrogen (secondary N) is 4. The Labute approximate surface area is 318 Å². The summed E-state index contributed by atoms with van der Waals surface area (Å²) in [5.74, 6) is -5.38. The Bertz CT molecular complexity index is 1550. The van der Waals surface area contributed by atoms with Gasteiger partial charge in [0.15, 0.2) is 0 Å². The molecule has 6 unspecified atom stereocenters. The molecule has 0 aromatic heterocycles. The smallest absolute Gasteiger partial charge is 0.329 e. The van der Waals surface area contributed by atoms with E-state index in [1.54, 1.807) is 24.3 Å². The fourth-order valence-corrected chi connectivity index (χ4v) is 4.88. The summed E-state index contributed by atoms with van der Waals surface area (Å²) in [5, 5.41) is 10.2. The number of allylic oxidation sites excluding steroid dienone is 15. The second-order valence-electron chi connectivity index (χ2n) is 12.9. The summed E-state index contributed by atoms with van der Waals surface area (Å²) in [6.45, 7) is 9.80. The number of carbonyl (C=O) groups excluding carboxylic acids is 7. The third-order valence-corrected chi connectivity index (χ3v) is 7.78. The Hall–Kier alpha value is -5.79. The predicted octanol–water partition coefficient (Wildman–Crippen LogP) is 2.52. The highest BCUT2D eigenvalue weighted by atomic mass is 16.5. The Morgan fingerprint density at radius 3 is 1.61 bits per heavy atom. The van der Waals surface area contributed by atoms with Crippen molar-refractivity contribution in [2.75, 3.05) is 7.05 Å². The first-order chi connectivity index (χ1) is 25.6. The van der Waals surface area contributed by atoms with Gasteiger partial charge in [-0.15, -0.1) is 0 Å². The largest absolute Gasteiger partial charge is 0.458 e. The van der Waals surface area contributed by atoms with E-state index >= 15 is 0 Å². The first kappa shape index (κ1) is 46.2. The van der Waals surface area contributed by atoms with Crippen molar-refractivity contribution in [2.24, 2.45) is 11.7 Å². The average molecular weight is 749 g/mol. The van der Waals surface area contributed by atoms with Crippen LogP contribution in [-0.2, 0) is 38.3 Å². The summed E-state index contributed by atoms with van der Waals surface area (Å²) in [7, 11) is 1.34. The van der Waals surface area contributed by atoms with E-state index in [1.165, 1.54) is 40.0 Å². The van der Waals surface area contributed by atoms with Gasteiger partial charge in [-0.2, -0.15) is 0 Å². The second-order valence-corrected chi connectivity index (χ2v) is 12.9. The molecule has 6 atom stereocenters. The van der Waals surface area contributed by atoms with E-state index < -0.39 is 77.7 Å². The van der Waals surface area contributed by atoms with Gasteiger partial charge >= 0.3 is 5.97 Å². The van der Waals surface area contributed by atoms with Crippen molar-refractivity contribution in [3.05, 3.63) is 97.2 Å². The number of nitrogens with two attached hydrogens (primary N) is 1. The van der Waals surface area contributed by atoms with Crippen LogP contribution >= 0.6 is 0 Å². The van der Waals surface area contributed by atoms with Crippen molar-refractivity contribution < 1.29 is 38.3 Å². The molecule has 6 N–H and O–H groups in total. The number of esters is 1. The highest BCUT2D eigenvalue weighted by molar-refractivity contribution is 5.97. The van der Waals surface area contributed by atoms with E-state index in [0.717, 1.165) is 4.90 Å². The van der Waals surface area contributed by atoms with Crippen molar-refractivity contribution in [3.8, 4) is 0 Å². The van der Waals surface area contributed by atoms with Crippen LogP contribution in [-0.4, -0.2) is 89.7 Å². The molecule has 14 heteroatoms. The lowest BCUT2D eigenvalue weighted by Crippen LogP contribution is -2.61. The quantitative estimate of drug-likeness (QED) is 0.101. The number of carbonyl (C=O) groups is 7. The molecule has 6 amide bonds. The first-order valence-electron chi connectivity index (χ1n) is 17.8. The van der Waals surface area contributed by atoms with Crippen LogP contribution in [0.3, 0.4) is 0 Å². The highest BCUT2D eigenvalue weighted by Crippen LogP contribution is 2.14. The molecular weight excluding hydrogens is 692 g/mol. The zero-order valence-corrected chi connectivity index (χ0v) is 32.2. The number of hydrogen-bond acceptors (Lipinski definition) is 8. The van der Waals surface area contributed by atoms with E-state index in [-0.39, 0.29) is 25.2 Å². The Kier molecular flexibility index (Phi) is 21.6. The van der Waals surface area contributed by atoms with Gasteiger partial charge in [0.1, 0.15) is 36.3 Å². The summed E-state index contributed by atoms with van der Waals surface area (Å²) >= 11 is 0. The summed E-state index contributed by atoms with van der Waals surface area (Å²) < 4.78 is 5.63. The van der Waals surface area contributed by atoms with Gasteiger partial charge in [0.25, 0.3) is 0 Å². The number of amides is 6. The molecule has 0 bridgehead atoms. The predicted molar refractivity (Wildman–Crippen MR) is 208 cm³/mol. The fourth-order valence-electron chi connectivity index (χ4n) is 4.88. The van der Waals surface area contributed by atoms with Gasteiger partial charge in [0.2, 0.25) is 35.4 Å². The number of cyclic esters (lactones) is 1. The molecule has 1 saturated heterocycles. The lowest BCUT2D eigenvalue weighted by Gasteiger charge is -2.33. The van der Waals surface area contributed by atoms with E-state index in [4.69, 9.17) is 10.5 Å². The maximum absolute atomic E-state index is 13.9. The third kappa shape index (κ3) is 18.1. The van der Waals surface area contributed by atoms with Crippen molar-refractivity contribution >= 4 is 41.4 Å². The van der Waals surface area contributed by atoms with Gasteiger partial charge < -0.3 is 36.6 Å². The van der Waals surface area contributed by atoms with E-state index in [1.807, 2.05) is 81.5 Å². The van der Waals surface area contributed by atoms with E-state index in [0.29, 0.717) is 0 Å². The average Bonchev–Trinajstić information content (AvgIpc) is 3.10. The molecule has 1 aliphatic heterocycles. The molecule has 1 heterocycles. The minimum Gasteiger partial charge on any atom is -0.458 e. The molecule has 0 radical (unpaired) electrons. The monoisotopic (exact) mass is 748 g/mol. The molecule has 0 aromatic carbocycles. The molecule has 294 valence electrons. The van der Waals surface area contributed by atoms with Crippen LogP contribution in [0.1, 0.15) is 60.8 Å². The van der Waals surface area contributed by atoms with Crippen molar-refractivity contribution in [1.29, 1.82) is 0 Å². The standard InChI is InChI=1S/C40H56N6O8/c1-8-9-10-11-12-13-14-15-16-17-18-19-20-21-22-23-34(48)46(7)35-30(6)54-40(53)31(24-25-33(41)47)44-37(50)29(5)42-36(49)28(4)43-38(51)32(26-27(2)3)45-39(35)52/h8-23,27-32,35H,24-26H2,1-7H3,(H2,41,47)(H,42,49)(H,43,51)(H,44,50)(H,45,52)/b9-8+,11-10+,13-12+,15-14+,17-16+,19-18+,21-20+,23-22+. The summed E-state index contributed by atoms with van der Waals surface area (Å²) in [6.07, 6.45) is 26.9. The number of nitrogens with zero attached hydrogens (tertiary/aromatic N) is 1. The summed E-state index contributed by atoms with van der Waals surface area (Å²) in [5.41, 5.74) is 5.29. The zero-order chi connectivity index (χ0) is 40.6. The Morgan fingerprint density at radius 2 is 1.13 bits per heavy atom. The van der Waals surface area contributed by atoms with E-state index in [2.05, 4.69) is 21.3 Å². The molecule has 1 fully saturated rings.